The molecule has 1 atom stereocenters. The Balaban J connectivity index is 1.50. The molecule has 0 aromatic heterocycles. The van der Waals surface area contributed by atoms with Gasteiger partial charge in [-0.05, 0) is 40.5 Å². The number of hydrogen-bond acceptors (Lipinski definition) is 3. The molecule has 3 aromatic carbocycles. The first-order valence-corrected chi connectivity index (χ1v) is 9.72. The van der Waals surface area contributed by atoms with Crippen LogP contribution in [0.25, 0.3) is 11.1 Å². The number of benzene rings is 3. The lowest BCUT2D eigenvalue weighted by Gasteiger charge is -2.19. The van der Waals surface area contributed by atoms with E-state index in [4.69, 9.17) is 9.84 Å². The van der Waals surface area contributed by atoms with Crippen LogP contribution < -0.4 is 5.32 Å². The molecule has 0 heterocycles. The maximum atomic E-state index is 14.1. The number of rotatable bonds is 6. The summed E-state index contributed by atoms with van der Waals surface area (Å²) in [6, 6.07) is 17.0. The summed E-state index contributed by atoms with van der Waals surface area (Å²) in [6.07, 6.45) is -1.53. The van der Waals surface area contributed by atoms with E-state index >= 15 is 0 Å². The Morgan fingerprint density at radius 3 is 2.19 bits per heavy atom. The van der Waals surface area contributed by atoms with E-state index in [1.165, 1.54) is 0 Å². The zero-order chi connectivity index (χ0) is 22.0. The number of carbonyl (C=O) groups is 2. The Bertz CT molecular complexity index is 1100. The van der Waals surface area contributed by atoms with Gasteiger partial charge in [-0.1, -0.05) is 48.5 Å². The summed E-state index contributed by atoms with van der Waals surface area (Å²) < 4.78 is 33.1. The van der Waals surface area contributed by atoms with Gasteiger partial charge in [0.25, 0.3) is 0 Å². The van der Waals surface area contributed by atoms with Crippen LogP contribution in [0.1, 0.15) is 35.1 Å². The molecule has 0 saturated carbocycles. The van der Waals surface area contributed by atoms with Crippen LogP contribution in [-0.4, -0.2) is 23.8 Å². The van der Waals surface area contributed by atoms with Gasteiger partial charge >= 0.3 is 12.1 Å². The van der Waals surface area contributed by atoms with Gasteiger partial charge in [-0.25, -0.2) is 13.6 Å². The standard InChI is InChI=1S/C24H19F2NO4/c25-14-9-10-21(26)19(11-14)22(12-23(28)29)27-24(30)31-13-20-17-7-3-1-5-15(17)16-6-2-4-8-18(16)20/h1-11,20,22H,12-13H2,(H,27,30)(H,28,29). The van der Waals surface area contributed by atoms with E-state index in [2.05, 4.69) is 5.32 Å². The van der Waals surface area contributed by atoms with Gasteiger partial charge < -0.3 is 15.2 Å². The smallest absolute Gasteiger partial charge is 0.407 e. The number of aliphatic carboxylic acids is 1. The van der Waals surface area contributed by atoms with Crippen molar-refractivity contribution >= 4 is 12.1 Å². The fraction of sp³-hybridized carbons (Fsp3) is 0.167. The zero-order valence-electron chi connectivity index (χ0n) is 16.3. The van der Waals surface area contributed by atoms with Crippen molar-refractivity contribution in [1.82, 2.24) is 5.32 Å². The van der Waals surface area contributed by atoms with Crippen molar-refractivity contribution < 1.29 is 28.2 Å². The normalized spacial score (nSPS) is 13.2. The second kappa shape index (κ2) is 8.55. The van der Waals surface area contributed by atoms with E-state index in [0.717, 1.165) is 40.5 Å². The molecule has 158 valence electrons. The van der Waals surface area contributed by atoms with Crippen molar-refractivity contribution in [2.24, 2.45) is 0 Å². The van der Waals surface area contributed by atoms with Crippen LogP contribution in [0.5, 0.6) is 0 Å². The quantitative estimate of drug-likeness (QED) is 0.584. The average Bonchev–Trinajstić information content (AvgIpc) is 3.07. The number of amides is 1. The lowest BCUT2D eigenvalue weighted by Crippen LogP contribution is -2.32. The number of carboxylic acid groups (broad SMARTS) is 1. The summed E-state index contributed by atoms with van der Waals surface area (Å²) in [6.45, 7) is 0.0191. The maximum Gasteiger partial charge on any atom is 0.407 e. The highest BCUT2D eigenvalue weighted by molar-refractivity contribution is 5.79. The molecular formula is C24H19F2NO4. The van der Waals surface area contributed by atoms with Gasteiger partial charge in [-0.15, -0.1) is 0 Å². The molecule has 4 rings (SSSR count). The molecule has 0 fully saturated rings. The molecule has 0 aliphatic heterocycles. The van der Waals surface area contributed by atoms with Crippen molar-refractivity contribution in [2.45, 2.75) is 18.4 Å². The molecule has 2 N–H and O–H groups in total. The number of carboxylic acids is 1. The first kappa shape index (κ1) is 20.5. The summed E-state index contributed by atoms with van der Waals surface area (Å²) in [7, 11) is 0. The lowest BCUT2D eigenvalue weighted by atomic mass is 9.98. The number of halogens is 2. The van der Waals surface area contributed by atoms with E-state index in [-0.39, 0.29) is 18.1 Å². The monoisotopic (exact) mass is 423 g/mol. The third-order valence-corrected chi connectivity index (χ3v) is 5.35. The Morgan fingerprint density at radius 2 is 1.58 bits per heavy atom. The minimum atomic E-state index is -1.27. The molecule has 3 aromatic rings. The molecule has 1 aliphatic rings. The van der Waals surface area contributed by atoms with Crippen LogP contribution in [0.15, 0.2) is 66.7 Å². The number of alkyl carbamates (subject to hydrolysis) is 1. The predicted molar refractivity (Wildman–Crippen MR) is 110 cm³/mol. The van der Waals surface area contributed by atoms with Crippen molar-refractivity contribution in [3.8, 4) is 11.1 Å². The van der Waals surface area contributed by atoms with Crippen LogP contribution in [0.2, 0.25) is 0 Å². The van der Waals surface area contributed by atoms with Crippen molar-refractivity contribution in [1.29, 1.82) is 0 Å². The van der Waals surface area contributed by atoms with E-state index in [0.29, 0.717) is 0 Å². The minimum Gasteiger partial charge on any atom is -0.481 e. The third kappa shape index (κ3) is 4.26. The van der Waals surface area contributed by atoms with Gasteiger partial charge in [0.1, 0.15) is 18.2 Å². The largest absolute Gasteiger partial charge is 0.481 e. The highest BCUT2D eigenvalue weighted by Gasteiger charge is 2.29. The van der Waals surface area contributed by atoms with Crippen LogP contribution in [0.3, 0.4) is 0 Å². The van der Waals surface area contributed by atoms with E-state index in [1.54, 1.807) is 0 Å². The summed E-state index contributed by atoms with van der Waals surface area (Å²) in [4.78, 5) is 23.6. The second-order valence-corrected chi connectivity index (χ2v) is 7.29. The van der Waals surface area contributed by atoms with Crippen LogP contribution in [-0.2, 0) is 9.53 Å². The lowest BCUT2D eigenvalue weighted by molar-refractivity contribution is -0.137. The van der Waals surface area contributed by atoms with Crippen molar-refractivity contribution in [3.63, 3.8) is 0 Å². The molecule has 1 unspecified atom stereocenters. The van der Waals surface area contributed by atoms with E-state index in [1.807, 2.05) is 48.5 Å². The molecule has 7 heteroatoms. The summed E-state index contributed by atoms with van der Waals surface area (Å²) in [5.41, 5.74) is 3.93. The van der Waals surface area contributed by atoms with E-state index < -0.39 is 36.2 Å². The highest BCUT2D eigenvalue weighted by Crippen LogP contribution is 2.44. The fourth-order valence-corrected chi connectivity index (χ4v) is 3.98. The molecule has 1 amide bonds. The predicted octanol–water partition coefficient (Wildman–Crippen LogP) is 5.02. The Kier molecular flexibility index (Phi) is 5.66. The van der Waals surface area contributed by atoms with Crippen LogP contribution in [0.4, 0.5) is 13.6 Å². The zero-order valence-corrected chi connectivity index (χ0v) is 16.3. The van der Waals surface area contributed by atoms with Gasteiger partial charge in [0.2, 0.25) is 0 Å². The molecule has 0 saturated heterocycles. The molecular weight excluding hydrogens is 404 g/mol. The summed E-state index contributed by atoms with van der Waals surface area (Å²) in [5.74, 6) is -3.00. The minimum absolute atomic E-state index is 0.0191. The number of carbonyl (C=O) groups excluding carboxylic acids is 1. The first-order chi connectivity index (χ1) is 14.9. The topological polar surface area (TPSA) is 75.6 Å². The molecule has 31 heavy (non-hydrogen) atoms. The summed E-state index contributed by atoms with van der Waals surface area (Å²) in [5, 5.41) is 11.5. The molecule has 0 radical (unpaired) electrons. The van der Waals surface area contributed by atoms with Crippen LogP contribution >= 0.6 is 0 Å². The van der Waals surface area contributed by atoms with Crippen molar-refractivity contribution in [3.05, 3.63) is 95.1 Å². The van der Waals surface area contributed by atoms with Gasteiger partial charge in [0, 0.05) is 11.5 Å². The van der Waals surface area contributed by atoms with E-state index in [9.17, 15) is 18.4 Å². The molecule has 5 nitrogen and oxygen atoms in total. The SMILES string of the molecule is O=C(O)CC(NC(=O)OCC1c2ccccc2-c2ccccc21)c1cc(F)ccc1F. The van der Waals surface area contributed by atoms with Gasteiger partial charge in [-0.2, -0.15) is 0 Å². The summed E-state index contributed by atoms with van der Waals surface area (Å²) >= 11 is 0. The average molecular weight is 423 g/mol. The molecule has 0 spiro atoms. The third-order valence-electron chi connectivity index (χ3n) is 5.35. The first-order valence-electron chi connectivity index (χ1n) is 9.72. The number of hydrogen-bond donors (Lipinski definition) is 2. The maximum absolute atomic E-state index is 14.1. The van der Waals surface area contributed by atoms with Gasteiger partial charge in [-0.3, -0.25) is 4.79 Å². The highest BCUT2D eigenvalue weighted by atomic mass is 19.1. The second-order valence-electron chi connectivity index (χ2n) is 7.29. The Hall–Kier alpha value is -3.74. The van der Waals surface area contributed by atoms with Gasteiger partial charge in [0.15, 0.2) is 0 Å². The Labute approximate surface area is 177 Å². The molecule has 0 bridgehead atoms. The molecule has 1 aliphatic carbocycles. The fourth-order valence-electron chi connectivity index (χ4n) is 3.98. The number of nitrogens with one attached hydrogen (secondary N) is 1. The van der Waals surface area contributed by atoms with Crippen LogP contribution in [0, 0.1) is 11.6 Å². The number of ether oxygens (including phenoxy) is 1. The van der Waals surface area contributed by atoms with Crippen molar-refractivity contribution in [2.75, 3.05) is 6.61 Å². The number of fused-ring (bicyclic) bond motifs is 3. The van der Waals surface area contributed by atoms with Gasteiger partial charge in [0.05, 0.1) is 12.5 Å². The Morgan fingerprint density at radius 1 is 0.968 bits per heavy atom.